The van der Waals surface area contributed by atoms with E-state index in [-0.39, 0.29) is 11.9 Å². The maximum Gasteiger partial charge on any atom is 0.220 e. The predicted octanol–water partition coefficient (Wildman–Crippen LogP) is 4.28. The highest BCUT2D eigenvalue weighted by atomic mass is 35.5. The van der Waals surface area contributed by atoms with Gasteiger partial charge in [-0.3, -0.25) is 14.4 Å². The topological polar surface area (TPSA) is 90.0 Å². The lowest BCUT2D eigenvalue weighted by Gasteiger charge is -2.14. The molecule has 1 aromatic carbocycles. The highest BCUT2D eigenvalue weighted by Crippen LogP contribution is 2.38. The molecule has 0 aliphatic carbocycles. The number of imidazole rings is 1. The minimum atomic E-state index is -0.389. The molecule has 4 heterocycles. The van der Waals surface area contributed by atoms with Gasteiger partial charge in [-0.1, -0.05) is 23.7 Å². The Labute approximate surface area is 212 Å². The Morgan fingerprint density at radius 2 is 1.94 bits per heavy atom. The molecule has 0 saturated carbocycles. The molecule has 1 atom stereocenters. The van der Waals surface area contributed by atoms with Crippen molar-refractivity contribution in [1.82, 2.24) is 29.6 Å². The lowest BCUT2D eigenvalue weighted by molar-refractivity contribution is -0.121. The number of nitrogens with zero attached hydrogens (tertiary/aromatic N) is 6. The summed E-state index contributed by atoms with van der Waals surface area (Å²) in [6.45, 7) is 6.51. The number of rotatable bonds is 6. The molecule has 3 aromatic heterocycles. The van der Waals surface area contributed by atoms with Gasteiger partial charge in [0.25, 0.3) is 0 Å². The van der Waals surface area contributed by atoms with E-state index in [9.17, 15) is 4.79 Å². The first-order valence-corrected chi connectivity index (χ1v) is 12.6. The highest BCUT2D eigenvalue weighted by Gasteiger charge is 2.31. The van der Waals surface area contributed by atoms with E-state index in [1.807, 2.05) is 49.0 Å². The number of hydrogen-bond acceptors (Lipinski definition) is 6. The molecule has 0 radical (unpaired) electrons. The van der Waals surface area contributed by atoms with Crippen molar-refractivity contribution in [3.05, 3.63) is 80.7 Å². The second-order valence-electron chi connectivity index (χ2n) is 8.74. The molecule has 0 bridgehead atoms. The number of amides is 1. The van der Waals surface area contributed by atoms with E-state index in [4.69, 9.17) is 16.6 Å². The molecule has 1 amide bonds. The van der Waals surface area contributed by atoms with Crippen LogP contribution in [0.3, 0.4) is 0 Å². The summed E-state index contributed by atoms with van der Waals surface area (Å²) < 4.78 is 3.96. The molecule has 1 aliphatic heterocycles. The van der Waals surface area contributed by atoms with Crippen LogP contribution in [0.1, 0.15) is 51.4 Å². The number of nitrogens with one attached hydrogen (secondary N) is 1. The quantitative estimate of drug-likeness (QED) is 0.421. The third kappa shape index (κ3) is 4.53. The molecule has 0 saturated heterocycles. The Bertz CT molecular complexity index is 1430. The fraction of sp³-hybridized carbons (Fsp3) is 0.320. The van der Waals surface area contributed by atoms with Crippen molar-refractivity contribution in [2.45, 2.75) is 39.7 Å². The molecule has 5 rings (SSSR count). The van der Waals surface area contributed by atoms with E-state index < -0.39 is 0 Å². The Hall–Kier alpha value is -3.30. The van der Waals surface area contributed by atoms with Gasteiger partial charge in [-0.2, -0.15) is 0 Å². The second kappa shape index (κ2) is 9.39. The van der Waals surface area contributed by atoms with Crippen molar-refractivity contribution in [2.75, 3.05) is 6.54 Å². The number of carbonyl (C=O) groups excluding carboxylic acids is 1. The van der Waals surface area contributed by atoms with Crippen LogP contribution in [0, 0.1) is 20.8 Å². The normalized spacial score (nSPS) is 14.8. The van der Waals surface area contributed by atoms with Crippen LogP contribution >= 0.6 is 22.9 Å². The van der Waals surface area contributed by atoms with Gasteiger partial charge < -0.3 is 9.88 Å². The monoisotopic (exact) mass is 507 g/mol. The molecule has 10 heteroatoms. The number of fused-ring (bicyclic) bond motifs is 3. The van der Waals surface area contributed by atoms with Crippen LogP contribution in [0.4, 0.5) is 0 Å². The number of aromatic nitrogens is 5. The van der Waals surface area contributed by atoms with Gasteiger partial charge in [0, 0.05) is 47.2 Å². The van der Waals surface area contributed by atoms with E-state index >= 15 is 0 Å². The van der Waals surface area contributed by atoms with Crippen LogP contribution in [0.15, 0.2) is 41.8 Å². The summed E-state index contributed by atoms with van der Waals surface area (Å²) in [6, 6.07) is 7.33. The Balaban J connectivity index is 1.49. The molecule has 35 heavy (non-hydrogen) atoms. The zero-order valence-corrected chi connectivity index (χ0v) is 21.6. The summed E-state index contributed by atoms with van der Waals surface area (Å²) in [5, 5.41) is 13.6. The molecule has 1 unspecified atom stereocenters. The van der Waals surface area contributed by atoms with Gasteiger partial charge in [0.1, 0.15) is 16.9 Å². The minimum Gasteiger partial charge on any atom is -0.353 e. The number of thiophene rings is 1. The van der Waals surface area contributed by atoms with Crippen molar-refractivity contribution in [2.24, 2.45) is 12.0 Å². The SMILES string of the molecule is Cc1sc2c(c1C)C(c1ccc(Cl)cc1)=NC(CNC(=O)CCc1cn(C)cn1)c1nnc(C)n1-2. The first-order valence-electron chi connectivity index (χ1n) is 11.4. The van der Waals surface area contributed by atoms with Crippen LogP contribution in [-0.2, 0) is 18.3 Å². The van der Waals surface area contributed by atoms with E-state index in [2.05, 4.69) is 38.9 Å². The zero-order chi connectivity index (χ0) is 24.7. The van der Waals surface area contributed by atoms with Gasteiger partial charge in [0.05, 0.1) is 17.7 Å². The van der Waals surface area contributed by atoms with Crippen molar-refractivity contribution < 1.29 is 4.79 Å². The lowest BCUT2D eigenvalue weighted by Crippen LogP contribution is -2.29. The maximum atomic E-state index is 12.7. The molecular formula is C25H26ClN7OS. The third-order valence-corrected chi connectivity index (χ3v) is 7.66. The molecule has 1 N–H and O–H groups in total. The number of hydrogen-bond donors (Lipinski definition) is 1. The van der Waals surface area contributed by atoms with Gasteiger partial charge in [0.2, 0.25) is 5.91 Å². The zero-order valence-electron chi connectivity index (χ0n) is 20.0. The summed E-state index contributed by atoms with van der Waals surface area (Å²) in [6.07, 6.45) is 4.61. The fourth-order valence-electron chi connectivity index (χ4n) is 4.27. The molecule has 8 nitrogen and oxygen atoms in total. The summed E-state index contributed by atoms with van der Waals surface area (Å²) in [7, 11) is 1.92. The minimum absolute atomic E-state index is 0.0484. The van der Waals surface area contributed by atoms with Crippen molar-refractivity contribution in [3.63, 3.8) is 0 Å². The molecular weight excluding hydrogens is 482 g/mol. The molecule has 4 aromatic rings. The van der Waals surface area contributed by atoms with Crippen LogP contribution in [0.5, 0.6) is 0 Å². The summed E-state index contributed by atoms with van der Waals surface area (Å²) >= 11 is 7.88. The first-order chi connectivity index (χ1) is 16.8. The van der Waals surface area contributed by atoms with E-state index in [1.54, 1.807) is 17.7 Å². The fourth-order valence-corrected chi connectivity index (χ4v) is 5.61. The summed E-state index contributed by atoms with van der Waals surface area (Å²) in [4.78, 5) is 23.4. The van der Waals surface area contributed by atoms with E-state index in [0.29, 0.717) is 24.4 Å². The molecule has 0 spiro atoms. The van der Waals surface area contributed by atoms with Crippen LogP contribution < -0.4 is 5.32 Å². The number of carbonyl (C=O) groups is 1. The van der Waals surface area contributed by atoms with Crippen molar-refractivity contribution in [3.8, 4) is 5.00 Å². The Kier molecular flexibility index (Phi) is 6.29. The lowest BCUT2D eigenvalue weighted by atomic mass is 10.00. The summed E-state index contributed by atoms with van der Waals surface area (Å²) in [5.41, 5.74) is 4.99. The van der Waals surface area contributed by atoms with Gasteiger partial charge >= 0.3 is 0 Å². The van der Waals surface area contributed by atoms with E-state index in [0.717, 1.165) is 39.2 Å². The highest BCUT2D eigenvalue weighted by molar-refractivity contribution is 7.15. The predicted molar refractivity (Wildman–Crippen MR) is 138 cm³/mol. The van der Waals surface area contributed by atoms with Gasteiger partial charge in [-0.25, -0.2) is 4.98 Å². The van der Waals surface area contributed by atoms with Crippen molar-refractivity contribution >= 4 is 34.6 Å². The molecule has 180 valence electrons. The average molecular weight is 508 g/mol. The van der Waals surface area contributed by atoms with E-state index in [1.165, 1.54) is 10.4 Å². The number of aryl methyl sites for hydroxylation is 4. The molecule has 1 aliphatic rings. The summed E-state index contributed by atoms with van der Waals surface area (Å²) in [5.74, 6) is 1.47. The Morgan fingerprint density at radius 1 is 1.17 bits per heavy atom. The Morgan fingerprint density at radius 3 is 2.66 bits per heavy atom. The second-order valence-corrected chi connectivity index (χ2v) is 10.4. The molecule has 0 fully saturated rings. The van der Waals surface area contributed by atoms with Crippen molar-refractivity contribution in [1.29, 1.82) is 0 Å². The van der Waals surface area contributed by atoms with Crippen LogP contribution in [0.2, 0.25) is 5.02 Å². The van der Waals surface area contributed by atoms with Gasteiger partial charge in [-0.15, -0.1) is 21.5 Å². The maximum absolute atomic E-state index is 12.7. The number of halogens is 1. The standard InChI is InChI=1S/C25H26ClN7OS/c1-14-15(2)35-25-22(14)23(17-5-7-18(26)8-6-17)29-20(24-31-30-16(3)33(24)25)11-27-21(34)10-9-19-12-32(4)13-28-19/h5-8,12-13,20H,9-11H2,1-4H3,(H,27,34). The average Bonchev–Trinajstić information content (AvgIpc) is 3.48. The number of aliphatic imine (C=N–C) groups is 1. The third-order valence-electron chi connectivity index (χ3n) is 6.22. The largest absolute Gasteiger partial charge is 0.353 e. The van der Waals surface area contributed by atoms with Gasteiger partial charge in [-0.05, 0) is 44.9 Å². The van der Waals surface area contributed by atoms with Gasteiger partial charge in [0.15, 0.2) is 5.82 Å². The van der Waals surface area contributed by atoms with Crippen LogP contribution in [0.25, 0.3) is 5.00 Å². The van der Waals surface area contributed by atoms with Crippen LogP contribution in [-0.4, -0.2) is 42.5 Å². The first kappa shape index (κ1) is 23.4. The smallest absolute Gasteiger partial charge is 0.220 e. The number of benzene rings is 1.